The zero-order valence-corrected chi connectivity index (χ0v) is 21.6. The highest BCUT2D eigenvalue weighted by Crippen LogP contribution is 2.24. The van der Waals surface area contributed by atoms with Gasteiger partial charge < -0.3 is 14.2 Å². The van der Waals surface area contributed by atoms with Crippen molar-refractivity contribution in [1.82, 2.24) is 9.29 Å². The minimum atomic E-state index is -4.09. The van der Waals surface area contributed by atoms with Crippen LogP contribution in [0.25, 0.3) is 12.2 Å². The fourth-order valence-corrected chi connectivity index (χ4v) is 4.41. The van der Waals surface area contributed by atoms with Crippen molar-refractivity contribution in [2.75, 3.05) is 20.4 Å². The highest BCUT2D eigenvalue weighted by Gasteiger charge is 2.29. The Kier molecular flexibility index (Phi) is 8.84. The number of hydrogen-bond donors (Lipinski definition) is 0. The monoisotopic (exact) mass is 510 g/mol. The molecule has 1 heterocycles. The average molecular weight is 511 g/mol. The Morgan fingerprint density at radius 2 is 1.64 bits per heavy atom. The quantitative estimate of drug-likeness (QED) is 0.290. The maximum atomic E-state index is 13.4. The van der Waals surface area contributed by atoms with Crippen molar-refractivity contribution < 1.29 is 27.4 Å². The van der Waals surface area contributed by atoms with Gasteiger partial charge in [-0.3, -0.25) is 9.78 Å². The molecule has 0 atom stereocenters. The van der Waals surface area contributed by atoms with Gasteiger partial charge in [0.1, 0.15) is 23.6 Å². The molecule has 0 saturated carbocycles. The molecule has 0 saturated heterocycles. The van der Waals surface area contributed by atoms with Crippen molar-refractivity contribution in [3.8, 4) is 11.5 Å². The van der Waals surface area contributed by atoms with Crippen molar-refractivity contribution in [2.24, 2.45) is 0 Å². The third kappa shape index (κ3) is 7.66. The molecule has 0 amide bonds. The summed E-state index contributed by atoms with van der Waals surface area (Å²) >= 11 is 0. The second-order valence-corrected chi connectivity index (χ2v) is 10.7. The number of para-hydroxylation sites is 1. The number of sulfonamides is 1. The van der Waals surface area contributed by atoms with Crippen molar-refractivity contribution in [1.29, 1.82) is 0 Å². The molecule has 0 bridgehead atoms. The van der Waals surface area contributed by atoms with Crippen molar-refractivity contribution in [2.45, 2.75) is 31.3 Å². The number of aromatic nitrogens is 1. The van der Waals surface area contributed by atoms with Crippen molar-refractivity contribution in [3.63, 3.8) is 0 Å². The van der Waals surface area contributed by atoms with E-state index in [4.69, 9.17) is 14.2 Å². The molecule has 0 radical (unpaired) electrons. The summed E-state index contributed by atoms with van der Waals surface area (Å²) in [6.45, 7) is 4.24. The highest BCUT2D eigenvalue weighted by molar-refractivity contribution is 7.89. The first-order valence-electron chi connectivity index (χ1n) is 11.2. The van der Waals surface area contributed by atoms with Crippen LogP contribution in [0.4, 0.5) is 0 Å². The van der Waals surface area contributed by atoms with E-state index in [0.717, 1.165) is 15.4 Å². The number of pyridine rings is 1. The van der Waals surface area contributed by atoms with Gasteiger partial charge in [0.15, 0.2) is 6.73 Å². The molecule has 0 aliphatic carbocycles. The normalized spacial score (nSPS) is 12.0. The summed E-state index contributed by atoms with van der Waals surface area (Å²) in [7, 11) is -2.60. The van der Waals surface area contributed by atoms with Crippen molar-refractivity contribution in [3.05, 3.63) is 84.2 Å². The lowest BCUT2D eigenvalue weighted by Gasteiger charge is -2.25. The number of carbonyl (C=O) groups excluding carboxylic acids is 1. The predicted molar refractivity (Wildman–Crippen MR) is 138 cm³/mol. The average Bonchev–Trinajstić information content (AvgIpc) is 2.85. The molecule has 0 N–H and O–H groups in total. The topological polar surface area (TPSA) is 95.0 Å². The van der Waals surface area contributed by atoms with Crippen molar-refractivity contribution >= 4 is 28.1 Å². The third-order valence-corrected chi connectivity index (χ3v) is 6.65. The van der Waals surface area contributed by atoms with Gasteiger partial charge in [-0.15, -0.1) is 0 Å². The Morgan fingerprint density at radius 1 is 0.972 bits per heavy atom. The van der Waals surface area contributed by atoms with Gasteiger partial charge in [0.2, 0.25) is 10.0 Å². The Balaban J connectivity index is 1.85. The first kappa shape index (κ1) is 26.9. The van der Waals surface area contributed by atoms with E-state index in [2.05, 4.69) is 4.98 Å². The van der Waals surface area contributed by atoms with E-state index in [1.54, 1.807) is 57.4 Å². The lowest BCUT2D eigenvalue weighted by Crippen LogP contribution is -2.40. The van der Waals surface area contributed by atoms with Gasteiger partial charge in [-0.2, -0.15) is 4.31 Å². The second kappa shape index (κ2) is 11.8. The Hall–Kier alpha value is -3.69. The number of ether oxygens (including phenoxy) is 3. The van der Waals surface area contributed by atoms with Crippen LogP contribution >= 0.6 is 0 Å². The summed E-state index contributed by atoms with van der Waals surface area (Å²) in [5.74, 6) is 0.287. The van der Waals surface area contributed by atoms with Gasteiger partial charge in [0.25, 0.3) is 0 Å². The van der Waals surface area contributed by atoms with Gasteiger partial charge in [-0.25, -0.2) is 8.42 Å². The molecular formula is C27H30N2O6S. The zero-order chi connectivity index (χ0) is 26.2. The van der Waals surface area contributed by atoms with Crippen LogP contribution in [0.2, 0.25) is 0 Å². The second-order valence-electron chi connectivity index (χ2n) is 8.80. The summed E-state index contributed by atoms with van der Waals surface area (Å²) in [5, 5.41) is 0. The first-order chi connectivity index (χ1) is 17.1. The molecule has 190 valence electrons. The minimum Gasteiger partial charge on any atom is -0.497 e. The number of methoxy groups -OCH3 is 1. The van der Waals surface area contributed by atoms with Gasteiger partial charge >= 0.3 is 5.97 Å². The molecular weight excluding hydrogens is 480 g/mol. The summed E-state index contributed by atoms with van der Waals surface area (Å²) in [5.41, 5.74) is 0.930. The standard InChI is InChI=1S/C27H30N2O6S/c1-27(2,3)35-26(30)19-29(36(31,32)24-13-11-23(33-4)12-14-24)20-34-25-8-6-5-7-22(25)10-9-21-15-17-28-18-16-21/h5-18H,19-20H2,1-4H3/b10-9+. The molecule has 0 unspecified atom stereocenters. The van der Waals surface area contributed by atoms with Crippen LogP contribution in [-0.2, 0) is 19.6 Å². The van der Waals surface area contributed by atoms with Crippen LogP contribution in [0.1, 0.15) is 31.9 Å². The SMILES string of the molecule is COc1ccc(S(=O)(=O)N(COc2ccccc2/C=C/c2ccncc2)CC(=O)OC(C)(C)C)cc1. The summed E-state index contributed by atoms with van der Waals surface area (Å²) in [4.78, 5) is 16.6. The van der Waals surface area contributed by atoms with Crippen LogP contribution in [-0.4, -0.2) is 49.7 Å². The minimum absolute atomic E-state index is 0.00123. The lowest BCUT2D eigenvalue weighted by atomic mass is 10.1. The molecule has 0 aliphatic rings. The zero-order valence-electron chi connectivity index (χ0n) is 20.7. The molecule has 9 heteroatoms. The van der Waals surface area contributed by atoms with E-state index >= 15 is 0 Å². The maximum absolute atomic E-state index is 13.4. The largest absolute Gasteiger partial charge is 0.497 e. The Labute approximate surface area is 212 Å². The molecule has 3 rings (SSSR count). The third-order valence-electron chi connectivity index (χ3n) is 4.87. The number of benzene rings is 2. The molecule has 2 aromatic carbocycles. The fraction of sp³-hybridized carbons (Fsp3) is 0.259. The number of hydrogen-bond acceptors (Lipinski definition) is 7. The predicted octanol–water partition coefficient (Wildman–Crippen LogP) is 4.63. The van der Waals surface area contributed by atoms with Gasteiger partial charge in [-0.05, 0) is 68.8 Å². The number of rotatable bonds is 10. The smallest absolute Gasteiger partial charge is 0.321 e. The van der Waals surface area contributed by atoms with E-state index < -0.39 is 34.9 Å². The van der Waals surface area contributed by atoms with Gasteiger partial charge in [-0.1, -0.05) is 30.4 Å². The van der Waals surface area contributed by atoms with E-state index in [-0.39, 0.29) is 4.90 Å². The van der Waals surface area contributed by atoms with E-state index in [1.807, 2.05) is 36.4 Å². The molecule has 0 aliphatic heterocycles. The van der Waals surface area contributed by atoms with Gasteiger partial charge in [0.05, 0.1) is 12.0 Å². The van der Waals surface area contributed by atoms with E-state index in [1.165, 1.54) is 19.2 Å². The summed E-state index contributed by atoms with van der Waals surface area (Å²) in [6, 6.07) is 16.9. The maximum Gasteiger partial charge on any atom is 0.321 e. The highest BCUT2D eigenvalue weighted by atomic mass is 32.2. The first-order valence-corrected chi connectivity index (χ1v) is 12.7. The van der Waals surface area contributed by atoms with Gasteiger partial charge in [0, 0.05) is 18.0 Å². The lowest BCUT2D eigenvalue weighted by molar-refractivity contribution is -0.155. The number of esters is 1. The molecule has 8 nitrogen and oxygen atoms in total. The molecule has 0 spiro atoms. The van der Waals surface area contributed by atoms with E-state index in [9.17, 15) is 13.2 Å². The Bertz CT molecular complexity index is 1280. The molecule has 1 aromatic heterocycles. The summed E-state index contributed by atoms with van der Waals surface area (Å²) < 4.78 is 44.2. The molecule has 0 fully saturated rings. The van der Waals surface area contributed by atoms with Crippen LogP contribution in [0.3, 0.4) is 0 Å². The Morgan fingerprint density at radius 3 is 2.28 bits per heavy atom. The van der Waals surface area contributed by atoms with E-state index in [0.29, 0.717) is 11.5 Å². The van der Waals surface area contributed by atoms with Crippen LogP contribution in [0.15, 0.2) is 78.0 Å². The van der Waals surface area contributed by atoms with Crippen LogP contribution < -0.4 is 9.47 Å². The number of nitrogens with zero attached hydrogens (tertiary/aromatic N) is 2. The fourth-order valence-electron chi connectivity index (χ4n) is 3.17. The molecule has 3 aromatic rings. The number of carbonyl (C=O) groups is 1. The molecule has 36 heavy (non-hydrogen) atoms. The van der Waals surface area contributed by atoms with Crippen LogP contribution in [0.5, 0.6) is 11.5 Å². The van der Waals surface area contributed by atoms with Crippen LogP contribution in [0, 0.1) is 0 Å². The summed E-state index contributed by atoms with van der Waals surface area (Å²) in [6.07, 6.45) is 7.15.